The maximum Gasteiger partial charge on any atom is 0.226 e. The summed E-state index contributed by atoms with van der Waals surface area (Å²) in [4.78, 5) is 24.7. The van der Waals surface area contributed by atoms with Crippen molar-refractivity contribution in [2.24, 2.45) is 0 Å². The van der Waals surface area contributed by atoms with Crippen LogP contribution in [0.2, 0.25) is 0 Å². The summed E-state index contributed by atoms with van der Waals surface area (Å²) in [5, 5.41) is 10.5. The molecule has 0 fully saturated rings. The molecule has 1 aromatic carbocycles. The lowest BCUT2D eigenvalue weighted by atomic mass is 9.99. The molecule has 5 nitrogen and oxygen atoms in total. The van der Waals surface area contributed by atoms with Crippen molar-refractivity contribution in [1.82, 2.24) is 10.6 Å². The number of hydrogen-bond acceptors (Lipinski definition) is 4. The summed E-state index contributed by atoms with van der Waals surface area (Å²) < 4.78 is 14.6. The molecule has 7 heteroatoms. The van der Waals surface area contributed by atoms with Gasteiger partial charge in [-0.3, -0.25) is 9.59 Å². The highest BCUT2D eigenvalue weighted by Gasteiger charge is 2.21. The van der Waals surface area contributed by atoms with Crippen LogP contribution in [0.5, 0.6) is 0 Å². The molecule has 0 saturated heterocycles. The van der Waals surface area contributed by atoms with Gasteiger partial charge in [0.2, 0.25) is 11.8 Å². The van der Waals surface area contributed by atoms with E-state index < -0.39 is 6.04 Å². The third-order valence-electron chi connectivity index (χ3n) is 4.14. The minimum atomic E-state index is -0.414. The number of anilines is 1. The van der Waals surface area contributed by atoms with Crippen LogP contribution in [-0.2, 0) is 22.6 Å². The summed E-state index contributed by atoms with van der Waals surface area (Å²) in [6.07, 6.45) is 0.659. The minimum absolute atomic E-state index is 0.0537. The van der Waals surface area contributed by atoms with Gasteiger partial charge in [0, 0.05) is 18.3 Å². The Morgan fingerprint density at radius 1 is 1.36 bits per heavy atom. The Bertz CT molecular complexity index is 777. The van der Waals surface area contributed by atoms with Gasteiger partial charge in [-0.1, -0.05) is 12.1 Å². The van der Waals surface area contributed by atoms with Crippen molar-refractivity contribution in [3.8, 4) is 0 Å². The van der Waals surface area contributed by atoms with Gasteiger partial charge in [-0.25, -0.2) is 4.39 Å². The molecule has 1 aliphatic rings. The molecule has 2 heterocycles. The van der Waals surface area contributed by atoms with Gasteiger partial charge in [-0.05, 0) is 41.6 Å². The Kier molecular flexibility index (Phi) is 5.45. The van der Waals surface area contributed by atoms with E-state index in [4.69, 9.17) is 0 Å². The number of hydrogen-bond donors (Lipinski definition) is 3. The van der Waals surface area contributed by atoms with E-state index in [2.05, 4.69) is 16.0 Å². The van der Waals surface area contributed by atoms with Gasteiger partial charge in [-0.2, -0.15) is 0 Å². The lowest BCUT2D eigenvalue weighted by Gasteiger charge is -2.20. The lowest BCUT2D eigenvalue weighted by Crippen LogP contribution is -2.29. The number of halogens is 1. The first-order valence-corrected chi connectivity index (χ1v) is 9.04. The van der Waals surface area contributed by atoms with Crippen molar-refractivity contribution >= 4 is 28.8 Å². The second-order valence-corrected chi connectivity index (χ2v) is 6.99. The number of nitrogens with one attached hydrogen (secondary N) is 3. The second kappa shape index (κ2) is 7.76. The predicted octanol–water partition coefficient (Wildman–Crippen LogP) is 2.74. The van der Waals surface area contributed by atoms with Crippen LogP contribution in [0, 0.1) is 5.82 Å². The van der Waals surface area contributed by atoms with Gasteiger partial charge in [-0.15, -0.1) is 11.3 Å². The SMILES string of the molecule is CC(=O)NC(CC(=O)Nc1ccc2c(c1F)CCNC2)c1cccs1. The average Bonchev–Trinajstić information content (AvgIpc) is 3.11. The van der Waals surface area contributed by atoms with Crippen LogP contribution in [0.3, 0.4) is 0 Å². The van der Waals surface area contributed by atoms with E-state index in [-0.39, 0.29) is 29.7 Å². The van der Waals surface area contributed by atoms with Gasteiger partial charge >= 0.3 is 0 Å². The molecule has 0 bridgehead atoms. The Morgan fingerprint density at radius 3 is 2.92 bits per heavy atom. The van der Waals surface area contributed by atoms with Crippen LogP contribution in [-0.4, -0.2) is 18.4 Å². The molecule has 1 unspecified atom stereocenters. The van der Waals surface area contributed by atoms with Crippen LogP contribution >= 0.6 is 11.3 Å². The molecule has 132 valence electrons. The molecule has 2 aromatic rings. The zero-order valence-electron chi connectivity index (χ0n) is 13.9. The number of carbonyl (C=O) groups excluding carboxylic acids is 2. The van der Waals surface area contributed by atoms with E-state index in [0.717, 1.165) is 17.0 Å². The van der Waals surface area contributed by atoms with Crippen molar-refractivity contribution < 1.29 is 14.0 Å². The summed E-state index contributed by atoms with van der Waals surface area (Å²) in [7, 11) is 0. The fraction of sp³-hybridized carbons (Fsp3) is 0.333. The molecule has 1 aromatic heterocycles. The molecule has 3 rings (SSSR count). The van der Waals surface area contributed by atoms with E-state index in [9.17, 15) is 14.0 Å². The van der Waals surface area contributed by atoms with Gasteiger partial charge in [0.1, 0.15) is 5.82 Å². The van der Waals surface area contributed by atoms with E-state index >= 15 is 0 Å². The monoisotopic (exact) mass is 361 g/mol. The summed E-state index contributed by atoms with van der Waals surface area (Å²) in [5.74, 6) is -0.904. The van der Waals surface area contributed by atoms with Crippen LogP contribution < -0.4 is 16.0 Å². The summed E-state index contributed by atoms with van der Waals surface area (Å²) in [6, 6.07) is 6.75. The number of benzene rings is 1. The summed E-state index contributed by atoms with van der Waals surface area (Å²) >= 11 is 1.47. The first-order chi connectivity index (χ1) is 12.0. The molecule has 1 atom stereocenters. The largest absolute Gasteiger partial charge is 0.348 e. The van der Waals surface area contributed by atoms with Crippen LogP contribution in [0.4, 0.5) is 10.1 Å². The fourth-order valence-electron chi connectivity index (χ4n) is 2.97. The summed E-state index contributed by atoms with van der Waals surface area (Å²) in [6.45, 7) is 2.78. The number of rotatable bonds is 5. The Balaban J connectivity index is 1.72. The molecule has 0 spiro atoms. The highest BCUT2D eigenvalue weighted by atomic mass is 32.1. The highest BCUT2D eigenvalue weighted by molar-refractivity contribution is 7.10. The average molecular weight is 361 g/mol. The van der Waals surface area contributed by atoms with Crippen molar-refractivity contribution in [3.05, 3.63) is 51.5 Å². The van der Waals surface area contributed by atoms with Crippen LogP contribution in [0.15, 0.2) is 29.6 Å². The maximum atomic E-state index is 14.6. The molecular weight excluding hydrogens is 341 g/mol. The normalized spacial score (nSPS) is 14.5. The first-order valence-electron chi connectivity index (χ1n) is 8.16. The third kappa shape index (κ3) is 4.24. The molecule has 0 aliphatic carbocycles. The summed E-state index contributed by atoms with van der Waals surface area (Å²) in [5.41, 5.74) is 1.78. The standard InChI is InChI=1S/C18H20FN3O2S/c1-11(23)21-15(16-3-2-8-25-16)9-17(24)22-14-5-4-12-10-20-7-6-13(12)18(14)19/h2-5,8,15,20H,6-7,9-10H2,1H3,(H,21,23)(H,22,24). The van der Waals surface area contributed by atoms with Crippen LogP contribution in [0.1, 0.15) is 35.4 Å². The Labute approximate surface area is 149 Å². The van der Waals surface area contributed by atoms with Gasteiger partial charge in [0.05, 0.1) is 18.2 Å². The zero-order chi connectivity index (χ0) is 17.8. The van der Waals surface area contributed by atoms with Gasteiger partial charge < -0.3 is 16.0 Å². The minimum Gasteiger partial charge on any atom is -0.348 e. The molecular formula is C18H20FN3O2S. The topological polar surface area (TPSA) is 70.2 Å². The number of amides is 2. The van der Waals surface area contributed by atoms with Crippen LogP contribution in [0.25, 0.3) is 0 Å². The number of carbonyl (C=O) groups is 2. The zero-order valence-corrected chi connectivity index (χ0v) is 14.7. The van der Waals surface area contributed by atoms with E-state index in [1.54, 1.807) is 6.07 Å². The molecule has 25 heavy (non-hydrogen) atoms. The van der Waals surface area contributed by atoms with E-state index in [1.807, 2.05) is 23.6 Å². The molecule has 0 saturated carbocycles. The number of fused-ring (bicyclic) bond motifs is 1. The second-order valence-electron chi connectivity index (χ2n) is 6.01. The quantitative estimate of drug-likeness (QED) is 0.767. The molecule has 2 amide bonds. The first kappa shape index (κ1) is 17.6. The molecule has 0 radical (unpaired) electrons. The fourth-order valence-corrected chi connectivity index (χ4v) is 3.75. The van der Waals surface area contributed by atoms with Gasteiger partial charge in [0.25, 0.3) is 0 Å². The van der Waals surface area contributed by atoms with Crippen molar-refractivity contribution in [1.29, 1.82) is 0 Å². The lowest BCUT2D eigenvalue weighted by molar-refractivity contribution is -0.120. The highest BCUT2D eigenvalue weighted by Crippen LogP contribution is 2.26. The predicted molar refractivity (Wildman–Crippen MR) is 95.9 cm³/mol. The molecule has 1 aliphatic heterocycles. The maximum absolute atomic E-state index is 14.6. The Hall–Kier alpha value is -2.25. The van der Waals surface area contributed by atoms with E-state index in [0.29, 0.717) is 18.5 Å². The number of thiophene rings is 1. The van der Waals surface area contributed by atoms with Gasteiger partial charge in [0.15, 0.2) is 0 Å². The Morgan fingerprint density at radius 2 is 2.20 bits per heavy atom. The molecule has 3 N–H and O–H groups in total. The van der Waals surface area contributed by atoms with E-state index in [1.165, 1.54) is 18.3 Å². The van der Waals surface area contributed by atoms with Crippen molar-refractivity contribution in [3.63, 3.8) is 0 Å². The third-order valence-corrected chi connectivity index (χ3v) is 5.12. The smallest absolute Gasteiger partial charge is 0.226 e. The van der Waals surface area contributed by atoms with Crippen molar-refractivity contribution in [2.75, 3.05) is 11.9 Å². The van der Waals surface area contributed by atoms with Crippen molar-refractivity contribution in [2.45, 2.75) is 32.4 Å².